The summed E-state index contributed by atoms with van der Waals surface area (Å²) < 4.78 is 0. The number of nitrogens with one attached hydrogen (secondary N) is 3. The van der Waals surface area contributed by atoms with Crippen LogP contribution in [0.1, 0.15) is 39.5 Å². The van der Waals surface area contributed by atoms with Crippen LogP contribution >= 0.6 is 0 Å². The van der Waals surface area contributed by atoms with Gasteiger partial charge in [-0.3, -0.25) is 20.4 Å². The Morgan fingerprint density at radius 2 is 1.89 bits per heavy atom. The van der Waals surface area contributed by atoms with E-state index in [-0.39, 0.29) is 11.8 Å². The van der Waals surface area contributed by atoms with E-state index in [0.717, 1.165) is 25.9 Å². The largest absolute Gasteiger partial charge is 0.320 e. The minimum absolute atomic E-state index is 0.142. The predicted octanol–water partition coefficient (Wildman–Crippen LogP) is -0.103. The highest BCUT2D eigenvalue weighted by Gasteiger charge is 2.18. The fraction of sp³-hybridized carbons (Fsp3) is 0.846. The molecule has 2 amide bonds. The van der Waals surface area contributed by atoms with Crippen LogP contribution in [0.3, 0.4) is 0 Å². The van der Waals surface area contributed by atoms with Gasteiger partial charge in [0.2, 0.25) is 5.91 Å². The van der Waals surface area contributed by atoms with Crippen LogP contribution in [0.2, 0.25) is 0 Å². The molecule has 1 fully saturated rings. The van der Waals surface area contributed by atoms with Crippen molar-refractivity contribution in [2.45, 2.75) is 45.6 Å². The third kappa shape index (κ3) is 6.54. The van der Waals surface area contributed by atoms with Gasteiger partial charge in [0.05, 0.1) is 6.04 Å². The van der Waals surface area contributed by atoms with Gasteiger partial charge in [-0.15, -0.1) is 0 Å². The lowest BCUT2D eigenvalue weighted by molar-refractivity contribution is -0.130. The molecule has 1 aliphatic rings. The Morgan fingerprint density at radius 3 is 2.47 bits per heavy atom. The molecular formula is C13H26N4O2. The smallest absolute Gasteiger partial charge is 0.255 e. The molecule has 0 aliphatic carbocycles. The van der Waals surface area contributed by atoms with Crippen molar-refractivity contribution >= 4 is 11.8 Å². The van der Waals surface area contributed by atoms with E-state index in [1.54, 1.807) is 0 Å². The number of hydrogen-bond acceptors (Lipinski definition) is 4. The van der Waals surface area contributed by atoms with Crippen molar-refractivity contribution in [1.82, 2.24) is 16.2 Å². The van der Waals surface area contributed by atoms with Crippen molar-refractivity contribution in [2.24, 2.45) is 17.6 Å². The number of carbonyl (C=O) groups excluding carboxylic acids is 2. The number of piperidine rings is 1. The monoisotopic (exact) mass is 270 g/mol. The molecule has 6 heteroatoms. The average molecular weight is 270 g/mol. The Kier molecular flexibility index (Phi) is 6.80. The summed E-state index contributed by atoms with van der Waals surface area (Å²) in [4.78, 5) is 23.3. The summed E-state index contributed by atoms with van der Waals surface area (Å²) >= 11 is 0. The van der Waals surface area contributed by atoms with Crippen molar-refractivity contribution in [3.8, 4) is 0 Å². The fourth-order valence-corrected chi connectivity index (χ4v) is 2.24. The molecule has 1 aliphatic heterocycles. The summed E-state index contributed by atoms with van der Waals surface area (Å²) in [5.74, 6) is 0.290. The van der Waals surface area contributed by atoms with Gasteiger partial charge in [0.1, 0.15) is 0 Å². The van der Waals surface area contributed by atoms with Gasteiger partial charge in [0.15, 0.2) is 0 Å². The van der Waals surface area contributed by atoms with E-state index in [2.05, 4.69) is 16.2 Å². The molecule has 0 spiro atoms. The summed E-state index contributed by atoms with van der Waals surface area (Å²) in [6.45, 7) is 5.93. The van der Waals surface area contributed by atoms with Crippen LogP contribution in [-0.4, -0.2) is 30.9 Å². The number of hydrazine groups is 1. The molecule has 0 radical (unpaired) electrons. The van der Waals surface area contributed by atoms with E-state index in [0.29, 0.717) is 24.7 Å². The first-order valence-electron chi connectivity index (χ1n) is 7.04. The zero-order chi connectivity index (χ0) is 14.3. The number of rotatable bonds is 5. The maximum absolute atomic E-state index is 11.7. The fourth-order valence-electron chi connectivity index (χ4n) is 2.24. The molecule has 110 valence electrons. The number of amides is 2. The van der Waals surface area contributed by atoms with Crippen LogP contribution < -0.4 is 21.9 Å². The highest BCUT2D eigenvalue weighted by molar-refractivity contribution is 5.85. The summed E-state index contributed by atoms with van der Waals surface area (Å²) in [7, 11) is 0. The zero-order valence-corrected chi connectivity index (χ0v) is 11.9. The molecule has 0 aromatic heterocycles. The first-order chi connectivity index (χ1) is 8.99. The summed E-state index contributed by atoms with van der Waals surface area (Å²) in [6.07, 6.45) is 3.08. The summed E-state index contributed by atoms with van der Waals surface area (Å²) in [5.41, 5.74) is 10.6. The van der Waals surface area contributed by atoms with E-state index in [9.17, 15) is 9.59 Å². The summed E-state index contributed by atoms with van der Waals surface area (Å²) in [6, 6.07) is -0.570. The summed E-state index contributed by atoms with van der Waals surface area (Å²) in [5, 5.41) is 3.25. The minimum Gasteiger partial charge on any atom is -0.320 e. The minimum atomic E-state index is -0.570. The van der Waals surface area contributed by atoms with Crippen LogP contribution in [0.25, 0.3) is 0 Å². The lowest BCUT2D eigenvalue weighted by atomic mass is 9.94. The lowest BCUT2D eigenvalue weighted by Crippen LogP contribution is -2.50. The standard InChI is InChI=1S/C13H26N4O2/c1-9(2)7-11(14)13(19)17-16-12(18)8-10-3-5-15-6-4-10/h9-11,15H,3-8,14H2,1-2H3,(H,16,18)(H,17,19)/t11-/m0/s1. The molecule has 0 saturated carbocycles. The molecule has 1 rings (SSSR count). The molecule has 0 aromatic carbocycles. The second-order valence-corrected chi connectivity index (χ2v) is 5.67. The number of carbonyl (C=O) groups is 2. The second kappa shape index (κ2) is 8.12. The maximum Gasteiger partial charge on any atom is 0.255 e. The zero-order valence-electron chi connectivity index (χ0n) is 11.9. The molecule has 0 aromatic rings. The van der Waals surface area contributed by atoms with Crippen molar-refractivity contribution in [3.63, 3.8) is 0 Å². The number of nitrogens with two attached hydrogens (primary N) is 1. The van der Waals surface area contributed by atoms with Crippen molar-refractivity contribution in [2.75, 3.05) is 13.1 Å². The molecule has 5 N–H and O–H groups in total. The Morgan fingerprint density at radius 1 is 1.26 bits per heavy atom. The average Bonchev–Trinajstić information content (AvgIpc) is 2.36. The van der Waals surface area contributed by atoms with Gasteiger partial charge in [-0.2, -0.15) is 0 Å². The van der Waals surface area contributed by atoms with Gasteiger partial charge in [-0.1, -0.05) is 13.8 Å². The van der Waals surface area contributed by atoms with E-state index >= 15 is 0 Å². The quantitative estimate of drug-likeness (QED) is 0.524. The van der Waals surface area contributed by atoms with E-state index in [1.807, 2.05) is 13.8 Å². The molecule has 1 saturated heterocycles. The van der Waals surface area contributed by atoms with Crippen LogP contribution in [-0.2, 0) is 9.59 Å². The Balaban J connectivity index is 2.19. The molecule has 0 unspecified atom stereocenters. The van der Waals surface area contributed by atoms with Crippen LogP contribution in [0, 0.1) is 11.8 Å². The van der Waals surface area contributed by atoms with Gasteiger partial charge in [0.25, 0.3) is 5.91 Å². The van der Waals surface area contributed by atoms with Crippen molar-refractivity contribution in [1.29, 1.82) is 0 Å². The second-order valence-electron chi connectivity index (χ2n) is 5.67. The molecular weight excluding hydrogens is 244 g/mol. The van der Waals surface area contributed by atoms with Crippen LogP contribution in [0.15, 0.2) is 0 Å². The number of hydrogen-bond donors (Lipinski definition) is 4. The Bertz CT molecular complexity index is 301. The van der Waals surface area contributed by atoms with Gasteiger partial charge < -0.3 is 11.1 Å². The lowest BCUT2D eigenvalue weighted by Gasteiger charge is -2.22. The molecule has 19 heavy (non-hydrogen) atoms. The first kappa shape index (κ1) is 15.9. The topological polar surface area (TPSA) is 96.2 Å². The predicted molar refractivity (Wildman–Crippen MR) is 73.9 cm³/mol. The van der Waals surface area contributed by atoms with Crippen molar-refractivity contribution in [3.05, 3.63) is 0 Å². The normalized spacial score (nSPS) is 18.1. The van der Waals surface area contributed by atoms with E-state index < -0.39 is 6.04 Å². The highest BCUT2D eigenvalue weighted by atomic mass is 16.2. The third-order valence-corrected chi connectivity index (χ3v) is 3.32. The highest BCUT2D eigenvalue weighted by Crippen LogP contribution is 2.15. The first-order valence-corrected chi connectivity index (χ1v) is 7.04. The SMILES string of the molecule is CC(C)C[C@H](N)C(=O)NNC(=O)CC1CCNCC1. The maximum atomic E-state index is 11.7. The van der Waals surface area contributed by atoms with Crippen LogP contribution in [0.5, 0.6) is 0 Å². The molecule has 0 bridgehead atoms. The van der Waals surface area contributed by atoms with Gasteiger partial charge in [-0.25, -0.2) is 0 Å². The van der Waals surface area contributed by atoms with Crippen molar-refractivity contribution < 1.29 is 9.59 Å². The Labute approximate surface area is 114 Å². The van der Waals surface area contributed by atoms with E-state index in [1.165, 1.54) is 0 Å². The molecule has 1 heterocycles. The molecule has 1 atom stereocenters. The van der Waals surface area contributed by atoms with E-state index in [4.69, 9.17) is 5.73 Å². The van der Waals surface area contributed by atoms with Gasteiger partial charge in [-0.05, 0) is 44.2 Å². The molecule has 6 nitrogen and oxygen atoms in total. The third-order valence-electron chi connectivity index (χ3n) is 3.32. The van der Waals surface area contributed by atoms with Gasteiger partial charge >= 0.3 is 0 Å². The van der Waals surface area contributed by atoms with Gasteiger partial charge in [0, 0.05) is 6.42 Å². The van der Waals surface area contributed by atoms with Crippen LogP contribution in [0.4, 0.5) is 0 Å². The Hall–Kier alpha value is -1.14.